The van der Waals surface area contributed by atoms with Crippen molar-refractivity contribution in [3.8, 4) is 11.3 Å². The molecule has 0 aliphatic carbocycles. The normalized spacial score (nSPS) is 11.4. The average molecular weight is 450 g/mol. The topological polar surface area (TPSA) is 78.2 Å². The quantitative estimate of drug-likeness (QED) is 0.273. The van der Waals surface area contributed by atoms with Gasteiger partial charge in [-0.05, 0) is 36.4 Å². The molecule has 0 spiro atoms. The third kappa shape index (κ3) is 3.54. The molecule has 31 heavy (non-hydrogen) atoms. The van der Waals surface area contributed by atoms with Gasteiger partial charge in [-0.25, -0.2) is 4.98 Å². The van der Waals surface area contributed by atoms with Crippen molar-refractivity contribution in [1.29, 1.82) is 0 Å². The lowest BCUT2D eigenvalue weighted by Crippen LogP contribution is -2.22. The number of para-hydroxylation sites is 1. The molecule has 0 aliphatic rings. The average Bonchev–Trinajstić information content (AvgIpc) is 3.43. The Hall–Kier alpha value is -3.36. The van der Waals surface area contributed by atoms with Crippen molar-refractivity contribution in [3.63, 3.8) is 0 Å². The first-order valence-corrected chi connectivity index (χ1v) is 10.8. The van der Waals surface area contributed by atoms with Crippen LogP contribution < -0.4 is 5.56 Å². The first-order valence-electron chi connectivity index (χ1n) is 9.46. The number of allylic oxidation sites excluding steroid dienone is 1. The summed E-state index contributed by atoms with van der Waals surface area (Å²) in [5.41, 5.74) is 1.54. The molecular formula is C22H16ClN5O2S. The van der Waals surface area contributed by atoms with Crippen LogP contribution >= 0.6 is 23.4 Å². The molecule has 0 unspecified atom stereocenters. The van der Waals surface area contributed by atoms with Crippen molar-refractivity contribution in [2.75, 3.05) is 0 Å². The maximum absolute atomic E-state index is 12.9. The Kier molecular flexibility index (Phi) is 5.09. The zero-order valence-electron chi connectivity index (χ0n) is 16.2. The van der Waals surface area contributed by atoms with E-state index < -0.39 is 0 Å². The van der Waals surface area contributed by atoms with Crippen molar-refractivity contribution >= 4 is 40.0 Å². The molecule has 3 aromatic heterocycles. The summed E-state index contributed by atoms with van der Waals surface area (Å²) >= 11 is 7.39. The van der Waals surface area contributed by atoms with Gasteiger partial charge in [0.1, 0.15) is 0 Å². The first kappa shape index (κ1) is 19.6. The van der Waals surface area contributed by atoms with Gasteiger partial charge in [0.05, 0.1) is 22.9 Å². The lowest BCUT2D eigenvalue weighted by Gasteiger charge is -2.09. The lowest BCUT2D eigenvalue weighted by atomic mass is 10.2. The summed E-state index contributed by atoms with van der Waals surface area (Å²) in [6, 6.07) is 14.8. The number of nitrogens with zero attached hydrogens (tertiary/aromatic N) is 5. The first-order chi connectivity index (χ1) is 15.2. The molecule has 0 radical (unpaired) electrons. The lowest BCUT2D eigenvalue weighted by molar-refractivity contribution is 0.530. The van der Waals surface area contributed by atoms with E-state index in [1.165, 1.54) is 11.8 Å². The fourth-order valence-corrected chi connectivity index (χ4v) is 4.29. The van der Waals surface area contributed by atoms with Gasteiger partial charge in [0.2, 0.25) is 11.7 Å². The van der Waals surface area contributed by atoms with Crippen LogP contribution in [0.5, 0.6) is 0 Å². The van der Waals surface area contributed by atoms with Crippen LogP contribution in [0.15, 0.2) is 81.8 Å². The van der Waals surface area contributed by atoms with E-state index in [1.807, 2.05) is 46.9 Å². The molecule has 0 aliphatic heterocycles. The molecule has 0 saturated carbocycles. The summed E-state index contributed by atoms with van der Waals surface area (Å²) in [7, 11) is 0. The molecule has 5 rings (SSSR count). The van der Waals surface area contributed by atoms with Gasteiger partial charge in [-0.1, -0.05) is 41.6 Å². The molecule has 0 atom stereocenters. The number of oxazole rings is 1. The standard InChI is InChI=1S/C22H16ClN5O2S/c1-2-11-27-20(29)16-5-3-4-6-17(16)28-21(27)25-26-22(28)31-13-19-24-12-18(30-19)14-7-9-15(23)10-8-14/h2-10,12H,1,11,13H2. The Labute approximate surface area is 186 Å². The fraction of sp³-hybridized carbons (Fsp3) is 0.0909. The van der Waals surface area contributed by atoms with E-state index in [0.717, 1.165) is 11.1 Å². The smallest absolute Gasteiger partial charge is 0.263 e. The fourth-order valence-electron chi connectivity index (χ4n) is 3.37. The number of aromatic nitrogens is 5. The number of fused-ring (bicyclic) bond motifs is 3. The largest absolute Gasteiger partial charge is 0.440 e. The molecular weight excluding hydrogens is 434 g/mol. The highest BCUT2D eigenvalue weighted by molar-refractivity contribution is 7.98. The van der Waals surface area contributed by atoms with Crippen LogP contribution in [0.1, 0.15) is 5.89 Å². The van der Waals surface area contributed by atoms with Crippen LogP contribution in [-0.4, -0.2) is 24.1 Å². The van der Waals surface area contributed by atoms with Gasteiger partial charge in [0.15, 0.2) is 10.9 Å². The van der Waals surface area contributed by atoms with Crippen molar-refractivity contribution in [3.05, 3.63) is 88.6 Å². The number of halogens is 1. The minimum Gasteiger partial charge on any atom is -0.440 e. The van der Waals surface area contributed by atoms with Crippen LogP contribution in [0.25, 0.3) is 28.0 Å². The molecule has 5 aromatic rings. The van der Waals surface area contributed by atoms with E-state index in [2.05, 4.69) is 21.8 Å². The summed E-state index contributed by atoms with van der Waals surface area (Å²) in [5, 5.41) is 10.5. The van der Waals surface area contributed by atoms with Gasteiger partial charge in [-0.15, -0.1) is 16.8 Å². The van der Waals surface area contributed by atoms with Crippen LogP contribution in [-0.2, 0) is 12.3 Å². The SMILES string of the molecule is C=CCn1c(=O)c2ccccc2n2c(SCc3ncc(-c4ccc(Cl)cc4)o3)nnc12. The number of rotatable bonds is 6. The maximum atomic E-state index is 12.9. The molecule has 0 saturated heterocycles. The van der Waals surface area contributed by atoms with E-state index in [9.17, 15) is 4.79 Å². The molecule has 0 N–H and O–H groups in total. The van der Waals surface area contributed by atoms with Gasteiger partial charge in [-0.2, -0.15) is 0 Å². The second kappa shape index (κ2) is 8.05. The summed E-state index contributed by atoms with van der Waals surface area (Å²) < 4.78 is 9.34. The summed E-state index contributed by atoms with van der Waals surface area (Å²) in [6.07, 6.45) is 3.36. The van der Waals surface area contributed by atoms with Gasteiger partial charge in [0.25, 0.3) is 5.56 Å². The van der Waals surface area contributed by atoms with Crippen molar-refractivity contribution in [2.45, 2.75) is 17.5 Å². The number of hydrogen-bond donors (Lipinski definition) is 0. The highest BCUT2D eigenvalue weighted by Crippen LogP contribution is 2.27. The van der Waals surface area contributed by atoms with Gasteiger partial charge < -0.3 is 4.42 Å². The molecule has 2 aromatic carbocycles. The predicted octanol–water partition coefficient (Wildman–Crippen LogP) is 4.83. The molecule has 0 fully saturated rings. The molecule has 0 amide bonds. The molecule has 154 valence electrons. The monoisotopic (exact) mass is 449 g/mol. The summed E-state index contributed by atoms with van der Waals surface area (Å²) in [5.74, 6) is 2.17. The summed E-state index contributed by atoms with van der Waals surface area (Å²) in [4.78, 5) is 17.2. The third-order valence-electron chi connectivity index (χ3n) is 4.80. The molecule has 3 heterocycles. The van der Waals surface area contributed by atoms with E-state index >= 15 is 0 Å². The second-order valence-electron chi connectivity index (χ2n) is 6.75. The van der Waals surface area contributed by atoms with Crippen LogP contribution in [0, 0.1) is 0 Å². The Morgan fingerprint density at radius 2 is 1.94 bits per heavy atom. The highest BCUT2D eigenvalue weighted by Gasteiger charge is 2.17. The third-order valence-corrected chi connectivity index (χ3v) is 5.96. The predicted molar refractivity (Wildman–Crippen MR) is 121 cm³/mol. The van der Waals surface area contributed by atoms with Gasteiger partial charge >= 0.3 is 0 Å². The van der Waals surface area contributed by atoms with Crippen molar-refractivity contribution in [1.82, 2.24) is 24.1 Å². The van der Waals surface area contributed by atoms with Crippen LogP contribution in [0.2, 0.25) is 5.02 Å². The number of benzene rings is 2. The van der Waals surface area contributed by atoms with E-state index in [0.29, 0.717) is 45.3 Å². The highest BCUT2D eigenvalue weighted by atomic mass is 35.5. The van der Waals surface area contributed by atoms with E-state index in [-0.39, 0.29) is 5.56 Å². The minimum atomic E-state index is -0.118. The van der Waals surface area contributed by atoms with E-state index in [4.69, 9.17) is 16.0 Å². The Morgan fingerprint density at radius 1 is 1.13 bits per heavy atom. The Bertz CT molecular complexity index is 1470. The molecule has 0 bridgehead atoms. The van der Waals surface area contributed by atoms with Gasteiger partial charge in [-0.3, -0.25) is 13.8 Å². The zero-order valence-corrected chi connectivity index (χ0v) is 17.8. The van der Waals surface area contributed by atoms with Crippen LogP contribution in [0.4, 0.5) is 0 Å². The van der Waals surface area contributed by atoms with E-state index in [1.54, 1.807) is 22.9 Å². The summed E-state index contributed by atoms with van der Waals surface area (Å²) in [6.45, 7) is 4.10. The van der Waals surface area contributed by atoms with Crippen molar-refractivity contribution in [2.24, 2.45) is 0 Å². The minimum absolute atomic E-state index is 0.118. The van der Waals surface area contributed by atoms with Crippen LogP contribution in [0.3, 0.4) is 0 Å². The van der Waals surface area contributed by atoms with Gasteiger partial charge in [0, 0.05) is 17.1 Å². The Morgan fingerprint density at radius 3 is 2.74 bits per heavy atom. The molecule has 9 heteroatoms. The zero-order chi connectivity index (χ0) is 21.4. The number of thioether (sulfide) groups is 1. The maximum Gasteiger partial charge on any atom is 0.263 e. The Balaban J connectivity index is 1.50. The second-order valence-corrected chi connectivity index (χ2v) is 8.13. The molecule has 7 nitrogen and oxygen atoms in total. The number of hydrogen-bond acceptors (Lipinski definition) is 6. The van der Waals surface area contributed by atoms with Crippen molar-refractivity contribution < 1.29 is 4.42 Å².